The molecule has 6 heteroatoms. The van der Waals surface area contributed by atoms with Crippen molar-refractivity contribution in [2.45, 2.75) is 66.0 Å². The van der Waals surface area contributed by atoms with Gasteiger partial charge in [-0.15, -0.1) is 0 Å². The van der Waals surface area contributed by atoms with Crippen molar-refractivity contribution in [3.8, 4) is 0 Å². The standard InChI is InChI=1S/C22H30N2O4/c1-12(2)10-19(20(25)23-14(4)18-11-13(3)28-15(18)5)24-21(26)16-8-6-7-9-17(16)22(24)27/h6-7,11-12,14,16-17,19H,8-10H2,1-5H3,(H,23,25). The molecule has 6 nitrogen and oxygen atoms in total. The third-order valence-corrected chi connectivity index (χ3v) is 5.76. The molecule has 1 saturated heterocycles. The van der Waals surface area contributed by atoms with Crippen LogP contribution in [0.25, 0.3) is 0 Å². The Morgan fingerprint density at radius 3 is 2.18 bits per heavy atom. The second kappa shape index (κ2) is 7.94. The highest BCUT2D eigenvalue weighted by Crippen LogP contribution is 2.37. The van der Waals surface area contributed by atoms with E-state index in [0.717, 1.165) is 17.1 Å². The normalized spacial score (nSPS) is 23.9. The predicted molar refractivity (Wildman–Crippen MR) is 105 cm³/mol. The van der Waals surface area contributed by atoms with Crippen LogP contribution in [-0.4, -0.2) is 28.7 Å². The number of amides is 3. The van der Waals surface area contributed by atoms with Crippen molar-refractivity contribution < 1.29 is 18.8 Å². The number of nitrogens with zero attached hydrogens (tertiary/aromatic N) is 1. The SMILES string of the molecule is Cc1cc(C(C)NC(=O)C(CC(C)C)N2C(=O)C3CC=CCC3C2=O)c(C)o1. The van der Waals surface area contributed by atoms with E-state index in [1.807, 2.05) is 52.8 Å². The summed E-state index contributed by atoms with van der Waals surface area (Å²) < 4.78 is 5.56. The molecule has 4 unspecified atom stereocenters. The number of carbonyl (C=O) groups is 3. The molecule has 0 bridgehead atoms. The van der Waals surface area contributed by atoms with Gasteiger partial charge in [0, 0.05) is 5.56 Å². The molecule has 0 aromatic carbocycles. The fourth-order valence-corrected chi connectivity index (χ4v) is 4.38. The number of likely N-dealkylation sites (tertiary alicyclic amines) is 1. The van der Waals surface area contributed by atoms with Gasteiger partial charge in [0.2, 0.25) is 17.7 Å². The molecule has 1 aromatic rings. The van der Waals surface area contributed by atoms with Gasteiger partial charge in [0.25, 0.3) is 0 Å². The van der Waals surface area contributed by atoms with Crippen molar-refractivity contribution >= 4 is 17.7 Å². The van der Waals surface area contributed by atoms with Crippen molar-refractivity contribution in [1.82, 2.24) is 10.2 Å². The molecule has 1 fully saturated rings. The van der Waals surface area contributed by atoms with Crippen molar-refractivity contribution in [2.24, 2.45) is 17.8 Å². The highest BCUT2D eigenvalue weighted by molar-refractivity contribution is 6.08. The molecule has 0 spiro atoms. The number of allylic oxidation sites excluding steroid dienone is 2. The van der Waals surface area contributed by atoms with E-state index in [2.05, 4.69) is 5.32 Å². The monoisotopic (exact) mass is 386 g/mol. The second-order valence-electron chi connectivity index (χ2n) is 8.45. The Morgan fingerprint density at radius 1 is 1.14 bits per heavy atom. The maximum atomic E-state index is 13.2. The smallest absolute Gasteiger partial charge is 0.243 e. The van der Waals surface area contributed by atoms with E-state index >= 15 is 0 Å². The Morgan fingerprint density at radius 2 is 1.71 bits per heavy atom. The Balaban J connectivity index is 1.81. The van der Waals surface area contributed by atoms with Crippen LogP contribution >= 0.6 is 0 Å². The fraction of sp³-hybridized carbons (Fsp3) is 0.591. The van der Waals surface area contributed by atoms with Crippen molar-refractivity contribution in [1.29, 1.82) is 0 Å². The largest absolute Gasteiger partial charge is 0.466 e. The highest BCUT2D eigenvalue weighted by Gasteiger charge is 2.51. The minimum atomic E-state index is -0.777. The molecule has 1 aliphatic heterocycles. The van der Waals surface area contributed by atoms with Crippen LogP contribution in [0.4, 0.5) is 0 Å². The first-order valence-corrected chi connectivity index (χ1v) is 10.1. The maximum absolute atomic E-state index is 13.2. The van der Waals surface area contributed by atoms with Gasteiger partial charge >= 0.3 is 0 Å². The summed E-state index contributed by atoms with van der Waals surface area (Å²) in [6.07, 6.45) is 5.52. The predicted octanol–water partition coefficient (Wildman–Crippen LogP) is 3.44. The van der Waals surface area contributed by atoms with Crippen molar-refractivity contribution in [2.75, 3.05) is 0 Å². The summed E-state index contributed by atoms with van der Waals surface area (Å²) in [5.41, 5.74) is 0.908. The molecule has 0 saturated carbocycles. The summed E-state index contributed by atoms with van der Waals surface area (Å²) in [7, 11) is 0. The van der Waals surface area contributed by atoms with Gasteiger partial charge in [-0.2, -0.15) is 0 Å². The van der Waals surface area contributed by atoms with Crippen molar-refractivity contribution in [3.05, 3.63) is 35.3 Å². The van der Waals surface area contributed by atoms with Gasteiger partial charge in [-0.25, -0.2) is 0 Å². The molecule has 1 N–H and O–H groups in total. The molecular formula is C22H30N2O4. The van der Waals surface area contributed by atoms with E-state index < -0.39 is 6.04 Å². The zero-order valence-corrected chi connectivity index (χ0v) is 17.3. The number of hydrogen-bond donors (Lipinski definition) is 1. The van der Waals surface area contributed by atoms with Crippen LogP contribution in [0.2, 0.25) is 0 Å². The Kier molecular flexibility index (Phi) is 5.77. The molecule has 3 amide bonds. The van der Waals surface area contributed by atoms with Crippen LogP contribution in [0.15, 0.2) is 22.6 Å². The average molecular weight is 386 g/mol. The van der Waals surface area contributed by atoms with Crippen LogP contribution in [0, 0.1) is 31.6 Å². The molecule has 0 radical (unpaired) electrons. The van der Waals surface area contributed by atoms with E-state index in [0.29, 0.717) is 19.3 Å². The van der Waals surface area contributed by atoms with Gasteiger partial charge in [0.1, 0.15) is 17.6 Å². The Bertz CT molecular complexity index is 781. The van der Waals surface area contributed by atoms with E-state index in [-0.39, 0.29) is 41.5 Å². The van der Waals surface area contributed by atoms with Crippen LogP contribution in [0.1, 0.15) is 63.2 Å². The third kappa shape index (κ3) is 3.77. The topological polar surface area (TPSA) is 79.6 Å². The lowest BCUT2D eigenvalue weighted by Gasteiger charge is -2.28. The van der Waals surface area contributed by atoms with Crippen LogP contribution in [0.5, 0.6) is 0 Å². The van der Waals surface area contributed by atoms with E-state index in [4.69, 9.17) is 4.42 Å². The maximum Gasteiger partial charge on any atom is 0.243 e. The summed E-state index contributed by atoms with van der Waals surface area (Å²) in [4.78, 5) is 40.3. The van der Waals surface area contributed by atoms with E-state index in [1.54, 1.807) is 0 Å². The molecular weight excluding hydrogens is 356 g/mol. The lowest BCUT2D eigenvalue weighted by molar-refractivity contribution is -0.148. The number of imide groups is 1. The average Bonchev–Trinajstić information content (AvgIpc) is 3.10. The molecule has 1 aromatic heterocycles. The third-order valence-electron chi connectivity index (χ3n) is 5.76. The second-order valence-corrected chi connectivity index (χ2v) is 8.45. The summed E-state index contributed by atoms with van der Waals surface area (Å²) in [5, 5.41) is 2.99. The van der Waals surface area contributed by atoms with Gasteiger partial charge in [-0.05, 0) is 52.0 Å². The van der Waals surface area contributed by atoms with Crippen LogP contribution in [-0.2, 0) is 14.4 Å². The number of aryl methyl sites for hydroxylation is 2. The van der Waals surface area contributed by atoms with Gasteiger partial charge in [-0.1, -0.05) is 26.0 Å². The van der Waals surface area contributed by atoms with E-state index in [1.165, 1.54) is 4.90 Å². The Labute approximate surface area is 166 Å². The summed E-state index contributed by atoms with van der Waals surface area (Å²) in [6.45, 7) is 9.60. The van der Waals surface area contributed by atoms with E-state index in [9.17, 15) is 14.4 Å². The summed E-state index contributed by atoms with van der Waals surface area (Å²) >= 11 is 0. The molecule has 4 atom stereocenters. The first kappa shape index (κ1) is 20.4. The van der Waals surface area contributed by atoms with Crippen molar-refractivity contribution in [3.63, 3.8) is 0 Å². The van der Waals surface area contributed by atoms with Gasteiger partial charge in [0.05, 0.1) is 17.9 Å². The lowest BCUT2D eigenvalue weighted by Crippen LogP contribution is -2.51. The zero-order valence-electron chi connectivity index (χ0n) is 17.3. The number of fused-ring (bicyclic) bond motifs is 1. The summed E-state index contributed by atoms with van der Waals surface area (Å²) in [5.74, 6) is 0.376. The quantitative estimate of drug-likeness (QED) is 0.600. The number of nitrogens with one attached hydrogen (secondary N) is 1. The fourth-order valence-electron chi connectivity index (χ4n) is 4.38. The van der Waals surface area contributed by atoms with Gasteiger partial charge < -0.3 is 9.73 Å². The minimum absolute atomic E-state index is 0.172. The molecule has 3 rings (SSSR count). The van der Waals surface area contributed by atoms with Crippen LogP contribution < -0.4 is 5.32 Å². The molecule has 2 heterocycles. The minimum Gasteiger partial charge on any atom is -0.466 e. The highest BCUT2D eigenvalue weighted by atomic mass is 16.3. The van der Waals surface area contributed by atoms with Crippen LogP contribution in [0.3, 0.4) is 0 Å². The molecule has 2 aliphatic rings. The zero-order chi connectivity index (χ0) is 20.6. The first-order chi connectivity index (χ1) is 13.2. The molecule has 28 heavy (non-hydrogen) atoms. The first-order valence-electron chi connectivity index (χ1n) is 10.1. The number of rotatable bonds is 6. The molecule has 152 valence electrons. The summed E-state index contributed by atoms with van der Waals surface area (Å²) in [6, 6.07) is 0.863. The van der Waals surface area contributed by atoms with Gasteiger partial charge in [-0.3, -0.25) is 19.3 Å². The molecule has 1 aliphatic carbocycles. The Hall–Kier alpha value is -2.37. The lowest BCUT2D eigenvalue weighted by atomic mass is 9.85. The number of furan rings is 1. The van der Waals surface area contributed by atoms with Gasteiger partial charge in [0.15, 0.2) is 0 Å². The number of hydrogen-bond acceptors (Lipinski definition) is 4. The number of carbonyl (C=O) groups excluding carboxylic acids is 3.